The molecule has 4 fully saturated rings. The first-order chi connectivity index (χ1) is 71.4. The number of unbranched alkanes of at least 4 members (excludes halogenated alkanes) is 2. The van der Waals surface area contributed by atoms with E-state index in [1.54, 1.807) is 82.3 Å². The summed E-state index contributed by atoms with van der Waals surface area (Å²) in [4.78, 5) is 275. The number of guanidine groups is 2. The number of aliphatic carboxylic acids is 1. The summed E-state index contributed by atoms with van der Waals surface area (Å²) in [6, 6.07) is -5.52. The highest BCUT2D eigenvalue weighted by atomic mass is 33.1. The third-order valence-electron chi connectivity index (χ3n) is 26.2. The van der Waals surface area contributed by atoms with Gasteiger partial charge in [-0.15, -0.1) is 0 Å². The summed E-state index contributed by atoms with van der Waals surface area (Å²) >= 11 is 0. The molecule has 4 aliphatic heterocycles. The fraction of sp³-hybridized carbons (Fsp3) is 0.596. The molecule has 33 N–H and O–H groups in total. The van der Waals surface area contributed by atoms with Crippen molar-refractivity contribution in [2.24, 2.45) is 46.4 Å². The van der Waals surface area contributed by atoms with E-state index < -0.39 is 264 Å². The number of benzene rings is 3. The van der Waals surface area contributed by atoms with E-state index in [0.29, 0.717) is 34.0 Å². The Bertz CT molecular complexity index is 5300. The molecule has 150 heavy (non-hydrogen) atoms. The number of aliphatic hydroxyl groups is 2. The fourth-order valence-corrected chi connectivity index (χ4v) is 20.4. The second kappa shape index (κ2) is 61.0. The van der Waals surface area contributed by atoms with Gasteiger partial charge in [-0.25, -0.2) is 4.79 Å². The van der Waals surface area contributed by atoms with E-state index in [1.165, 1.54) is 45.2 Å². The molecule has 4 saturated heterocycles. The van der Waals surface area contributed by atoms with Crippen LogP contribution in [0.5, 0.6) is 5.75 Å². The predicted octanol–water partition coefficient (Wildman–Crippen LogP) is -4.38. The Labute approximate surface area is 878 Å². The van der Waals surface area contributed by atoms with E-state index in [9.17, 15) is 58.8 Å². The summed E-state index contributed by atoms with van der Waals surface area (Å²) in [5.74, 6) is -21.0. The monoisotopic (exact) mass is 2130 g/mol. The number of para-hydroxylation sites is 1. The first-order valence-corrected chi connectivity index (χ1v) is 53.5. The standard InChI is InChI=1S/C99H151N27O22S2/c1-53(2)44-62(102)81(131)121-78(54(3)4)91(141)112-64(28-17-39-107-98(103)104)82(132)110-49-77(130)111-72-51-149-150-52-73(88(138)116-68(45-57-22-9-8-10-23-57)84(134)122-79(55(5)6)92(142)115-67(97(147)148)29-18-40-108-99(105)106)120-90(140)74-30-19-41-124(74)94(144)66(27-14-16-38-101)114-89(139)75-31-20-42-125(75)96(146)76-32-21-43-126(76)95(145)70(46-58-33-35-60(129)36-34-58)118-86(136)71(50-127)119-83(133)65(26-13-15-37-100)113-93(143)80(56(7)128)123-85(135)69(117-87(72)137)47-59-48-109-63-25-12-11-24-61(59)63/h8-12,22-25,33-36,48,53-56,62,64-76,78-80,109,127-129H,13-21,26-32,37-47,49-52,100-102H2,1-7H3,(H,110,132)(H,111,130)(H,112,141)(H,113,143)(H,114,139)(H,115,142)(H,116,138)(H,117,137)(H,118,136)(H,119,133)(H,120,140)(H,121,131)(H,122,134)(H,123,135)(H,147,148)(H4,103,104,107)(H4,105,106,108)/t56-,62+,64+,65+,66+,67+,68+,69+,70+,71+,72+,73+,74+,75+,76+,78+,79+,80+/m1/s1. The van der Waals surface area contributed by atoms with Gasteiger partial charge in [0.15, 0.2) is 11.9 Å². The number of aromatic hydroxyl groups is 1. The summed E-state index contributed by atoms with van der Waals surface area (Å²) in [6.45, 7) is 9.41. The van der Waals surface area contributed by atoms with E-state index in [1.807, 2.05) is 13.8 Å². The SMILES string of the molecule is CC(C)C[C@H](N)C(=O)N[C@H](C(=O)N[C@@H](CCCNC(=N)N)C(=O)NCC(=O)N[C@H]1CSSC[C@@H](C(=O)N[C@@H](Cc2ccccc2)C(=O)N[C@H](C(=O)N[C@@H](CCCNC(=N)N)C(=O)O)C(C)C)NC(=O)[C@@H]2CCCN2C(=O)[C@H](CCCCN)NC(=O)[C@@H]2CCCN2C(=O)[C@@H]2CCCN2C(=O)[C@H](Cc2ccc(O)cc2)NC(=O)[C@H](CO)NC(=O)[C@H](CCCCN)NC(=O)[C@H]([C@@H](C)O)NC(=O)[C@H](Cc2c[nH]c3ccccc23)NC1=O)C(C)C. The number of amides is 17. The minimum atomic E-state index is -2.01. The Kier molecular flexibility index (Phi) is 49.5. The molecule has 5 heterocycles. The van der Waals surface area contributed by atoms with E-state index in [0.717, 1.165) is 28.5 Å². The molecule has 51 heteroatoms. The first kappa shape index (κ1) is 122. The highest BCUT2D eigenvalue weighted by Gasteiger charge is 2.48. The van der Waals surface area contributed by atoms with Crippen molar-refractivity contribution in [3.8, 4) is 5.75 Å². The Morgan fingerprint density at radius 1 is 0.493 bits per heavy atom. The van der Waals surface area contributed by atoms with Crippen LogP contribution in [-0.2, 0) is 106 Å². The van der Waals surface area contributed by atoms with Gasteiger partial charge >= 0.3 is 5.97 Å². The molecule has 0 saturated carbocycles. The molecular formula is C99H151N27O22S2. The number of nitrogens with zero attached hydrogens (tertiary/aromatic N) is 3. The van der Waals surface area contributed by atoms with Crippen LogP contribution in [0.25, 0.3) is 10.9 Å². The first-order valence-electron chi connectivity index (χ1n) is 51.0. The molecule has 0 radical (unpaired) electrons. The summed E-state index contributed by atoms with van der Waals surface area (Å²) in [5.41, 5.74) is 31.0. The molecule has 0 unspecified atom stereocenters. The Morgan fingerprint density at radius 3 is 1.58 bits per heavy atom. The van der Waals surface area contributed by atoms with Crippen molar-refractivity contribution in [3.05, 3.63) is 102 Å². The van der Waals surface area contributed by atoms with Gasteiger partial charge in [-0.05, 0) is 182 Å². The molecule has 0 aliphatic carbocycles. The number of carboxylic acids is 1. The number of aliphatic hydroxyl groups excluding tert-OH is 2. The lowest BCUT2D eigenvalue weighted by atomic mass is 10.00. The van der Waals surface area contributed by atoms with Crippen molar-refractivity contribution in [3.63, 3.8) is 0 Å². The van der Waals surface area contributed by atoms with Crippen LogP contribution in [-0.4, -0.2) is 338 Å². The molecule has 49 nitrogen and oxygen atoms in total. The normalized spacial score (nSPS) is 22.3. The Morgan fingerprint density at radius 2 is 1.00 bits per heavy atom. The van der Waals surface area contributed by atoms with Crippen molar-refractivity contribution in [2.45, 2.75) is 286 Å². The van der Waals surface area contributed by atoms with Crippen LogP contribution >= 0.6 is 21.6 Å². The van der Waals surface area contributed by atoms with Crippen LogP contribution in [0.15, 0.2) is 85.1 Å². The molecule has 1 aromatic heterocycles. The minimum absolute atomic E-state index is 0.00658. The molecule has 3 aromatic carbocycles. The molecule has 17 amide bonds. The smallest absolute Gasteiger partial charge is 0.326 e. The summed E-state index contributed by atoms with van der Waals surface area (Å²) in [5, 5.41) is 101. The summed E-state index contributed by atoms with van der Waals surface area (Å²) in [6.07, 6.45) is 0.394. The highest BCUT2D eigenvalue weighted by molar-refractivity contribution is 8.76. The molecule has 0 spiro atoms. The van der Waals surface area contributed by atoms with E-state index >= 15 is 47.9 Å². The Hall–Kier alpha value is -13.5. The zero-order valence-electron chi connectivity index (χ0n) is 85.8. The number of hydrogen-bond donors (Lipinski definition) is 28. The Balaban J connectivity index is 1.24. The van der Waals surface area contributed by atoms with Crippen LogP contribution in [0.1, 0.15) is 174 Å². The lowest BCUT2D eigenvalue weighted by molar-refractivity contribution is -0.148. The quantitative estimate of drug-likeness (QED) is 0.00861. The largest absolute Gasteiger partial charge is 0.508 e. The van der Waals surface area contributed by atoms with Crippen molar-refractivity contribution < 1.29 is 107 Å². The second-order valence-corrected chi connectivity index (χ2v) is 41.7. The molecule has 4 aromatic rings. The summed E-state index contributed by atoms with van der Waals surface area (Å²) in [7, 11) is 1.58. The number of fused-ring (bicyclic) bond motifs is 4. The number of phenolic OH excluding ortho intramolecular Hbond substituents is 1. The van der Waals surface area contributed by atoms with Crippen molar-refractivity contribution in [2.75, 3.05) is 70.5 Å². The molecule has 0 bridgehead atoms. The second-order valence-electron chi connectivity index (χ2n) is 39.1. The van der Waals surface area contributed by atoms with Gasteiger partial charge in [-0.1, -0.05) is 124 Å². The molecule has 18 atom stereocenters. The van der Waals surface area contributed by atoms with Crippen LogP contribution in [0, 0.1) is 28.6 Å². The number of aromatic amines is 1. The van der Waals surface area contributed by atoms with E-state index in [4.69, 9.17) is 39.5 Å². The average Bonchev–Trinajstić information content (AvgIpc) is 1.64. The molecule has 8 rings (SSSR count). The van der Waals surface area contributed by atoms with Crippen molar-refractivity contribution >= 4 is 151 Å². The third-order valence-corrected chi connectivity index (χ3v) is 28.6. The number of phenols is 1. The average molecular weight is 2140 g/mol. The number of carbonyl (C=O) groups excluding carboxylic acids is 17. The maximum Gasteiger partial charge on any atom is 0.326 e. The summed E-state index contributed by atoms with van der Waals surface area (Å²) < 4.78 is 0. The number of rotatable bonds is 43. The van der Waals surface area contributed by atoms with Crippen LogP contribution < -0.4 is 114 Å². The minimum Gasteiger partial charge on any atom is -0.508 e. The van der Waals surface area contributed by atoms with Gasteiger partial charge in [-0.3, -0.25) is 92.3 Å². The number of carboxylic acid groups (broad SMARTS) is 1. The van der Waals surface area contributed by atoms with Crippen LogP contribution in [0.4, 0.5) is 0 Å². The zero-order valence-corrected chi connectivity index (χ0v) is 87.4. The van der Waals surface area contributed by atoms with Crippen molar-refractivity contribution in [1.82, 2.24) is 105 Å². The number of hydrogen-bond acceptors (Lipinski definition) is 28. The number of H-pyrrole nitrogens is 1. The van der Waals surface area contributed by atoms with Crippen molar-refractivity contribution in [1.29, 1.82) is 10.8 Å². The lowest BCUT2D eigenvalue weighted by Gasteiger charge is -2.34. The number of carbonyl (C=O) groups is 18. The molecule has 826 valence electrons. The van der Waals surface area contributed by atoms with Gasteiger partial charge in [0, 0.05) is 80.6 Å². The van der Waals surface area contributed by atoms with E-state index in [2.05, 4.69) is 90.1 Å². The fourth-order valence-electron chi connectivity index (χ4n) is 18.0. The van der Waals surface area contributed by atoms with Crippen LogP contribution in [0.3, 0.4) is 0 Å². The van der Waals surface area contributed by atoms with Crippen LogP contribution in [0.2, 0.25) is 0 Å². The van der Waals surface area contributed by atoms with Gasteiger partial charge in [0.05, 0.1) is 25.3 Å². The predicted molar refractivity (Wildman–Crippen MR) is 559 cm³/mol. The topological polar surface area (TPSA) is 784 Å². The number of nitrogens with one attached hydrogen (secondary N) is 19. The highest BCUT2D eigenvalue weighted by Crippen LogP contribution is 2.31. The van der Waals surface area contributed by atoms with E-state index in [-0.39, 0.29) is 179 Å². The number of nitrogens with two attached hydrogens (primary N) is 5. The van der Waals surface area contributed by atoms with Gasteiger partial charge in [0.25, 0.3) is 0 Å². The number of aromatic nitrogens is 1. The molecule has 4 aliphatic rings. The maximum absolute atomic E-state index is 15.8. The maximum atomic E-state index is 15.8. The van der Waals surface area contributed by atoms with Gasteiger partial charge in [0.1, 0.15) is 102 Å². The third kappa shape index (κ3) is 37.6. The molecular weight excluding hydrogens is 1980 g/mol. The van der Waals surface area contributed by atoms with Gasteiger partial charge in [0.2, 0.25) is 100 Å². The lowest BCUT2D eigenvalue weighted by Crippen LogP contribution is -2.62. The van der Waals surface area contributed by atoms with Gasteiger partial charge < -0.3 is 154 Å². The zero-order chi connectivity index (χ0) is 110. The van der Waals surface area contributed by atoms with Gasteiger partial charge in [-0.2, -0.15) is 0 Å².